The molecule has 0 amide bonds. The lowest BCUT2D eigenvalue weighted by atomic mass is 10.1. The third kappa shape index (κ3) is 4.73. The van der Waals surface area contributed by atoms with Crippen LogP contribution in [0.2, 0.25) is 0 Å². The van der Waals surface area contributed by atoms with Gasteiger partial charge >= 0.3 is 0 Å². The molecule has 4 heteroatoms. The highest BCUT2D eigenvalue weighted by Gasteiger charge is 2.11. The van der Waals surface area contributed by atoms with Crippen LogP contribution in [0.4, 0.5) is 0 Å². The Morgan fingerprint density at radius 1 is 1.29 bits per heavy atom. The maximum Gasteiger partial charge on any atom is 0.122 e. The number of nitrogens with two attached hydrogens (primary N) is 1. The predicted octanol–water partition coefficient (Wildman–Crippen LogP) is 1.49. The van der Waals surface area contributed by atoms with Gasteiger partial charge in [0.1, 0.15) is 5.75 Å². The summed E-state index contributed by atoms with van der Waals surface area (Å²) in [5.74, 6) is 6.41. The number of methoxy groups -OCH3 is 1. The zero-order valence-corrected chi connectivity index (χ0v) is 10.8. The summed E-state index contributed by atoms with van der Waals surface area (Å²) in [6, 6.07) is 8.03. The third-order valence-electron chi connectivity index (χ3n) is 2.53. The van der Waals surface area contributed by atoms with Crippen LogP contribution in [0.3, 0.4) is 0 Å². The zero-order chi connectivity index (χ0) is 12.7. The molecule has 1 rings (SSSR count). The topological polar surface area (TPSA) is 56.5 Å². The Morgan fingerprint density at radius 2 is 2.00 bits per heavy atom. The van der Waals surface area contributed by atoms with Crippen molar-refractivity contribution in [1.82, 2.24) is 5.43 Å². The molecule has 0 aromatic heterocycles. The molecule has 0 aliphatic heterocycles. The van der Waals surface area contributed by atoms with E-state index in [2.05, 4.69) is 5.43 Å². The first-order valence-electron chi connectivity index (χ1n) is 5.87. The average Bonchev–Trinajstić information content (AvgIpc) is 2.34. The van der Waals surface area contributed by atoms with Crippen LogP contribution in [0.15, 0.2) is 24.3 Å². The van der Waals surface area contributed by atoms with Crippen molar-refractivity contribution in [1.29, 1.82) is 0 Å². The molecule has 96 valence electrons. The van der Waals surface area contributed by atoms with Gasteiger partial charge in [-0.1, -0.05) is 18.2 Å². The molecule has 1 unspecified atom stereocenters. The minimum atomic E-state index is 0.0914. The maximum atomic E-state index is 5.56. The third-order valence-corrected chi connectivity index (χ3v) is 2.53. The highest BCUT2D eigenvalue weighted by Crippen LogP contribution is 2.18. The summed E-state index contributed by atoms with van der Waals surface area (Å²) < 4.78 is 10.9. The standard InChI is InChI=1S/C13H22N2O2/c1-10(2)17-9-12(15-14)8-11-6-4-5-7-13(11)16-3/h4-7,10,12,15H,8-9,14H2,1-3H3. The summed E-state index contributed by atoms with van der Waals surface area (Å²) in [6.07, 6.45) is 0.997. The average molecular weight is 238 g/mol. The van der Waals surface area contributed by atoms with E-state index in [4.69, 9.17) is 15.3 Å². The maximum absolute atomic E-state index is 5.56. The minimum Gasteiger partial charge on any atom is -0.496 e. The zero-order valence-electron chi connectivity index (χ0n) is 10.8. The Kier molecular flexibility index (Phi) is 5.97. The van der Waals surface area contributed by atoms with Crippen LogP contribution in [0, 0.1) is 0 Å². The van der Waals surface area contributed by atoms with Crippen molar-refractivity contribution in [2.45, 2.75) is 32.4 Å². The van der Waals surface area contributed by atoms with Crippen LogP contribution < -0.4 is 16.0 Å². The highest BCUT2D eigenvalue weighted by atomic mass is 16.5. The molecular formula is C13H22N2O2. The van der Waals surface area contributed by atoms with Crippen molar-refractivity contribution in [3.05, 3.63) is 29.8 Å². The first-order chi connectivity index (χ1) is 8.17. The predicted molar refractivity (Wildman–Crippen MR) is 68.9 cm³/mol. The molecule has 0 bridgehead atoms. The number of para-hydroxylation sites is 1. The fraction of sp³-hybridized carbons (Fsp3) is 0.538. The number of hydrogen-bond acceptors (Lipinski definition) is 4. The van der Waals surface area contributed by atoms with Gasteiger partial charge in [0.15, 0.2) is 0 Å². The molecule has 17 heavy (non-hydrogen) atoms. The fourth-order valence-corrected chi connectivity index (χ4v) is 1.61. The van der Waals surface area contributed by atoms with Crippen LogP contribution in [0.25, 0.3) is 0 Å². The van der Waals surface area contributed by atoms with Crippen molar-refractivity contribution in [2.75, 3.05) is 13.7 Å². The van der Waals surface area contributed by atoms with E-state index in [-0.39, 0.29) is 12.1 Å². The van der Waals surface area contributed by atoms with Crippen LogP contribution in [-0.4, -0.2) is 25.9 Å². The lowest BCUT2D eigenvalue weighted by molar-refractivity contribution is 0.0612. The molecule has 0 spiro atoms. The highest BCUT2D eigenvalue weighted by molar-refractivity contribution is 5.33. The van der Waals surface area contributed by atoms with Gasteiger partial charge in [-0.15, -0.1) is 0 Å². The summed E-state index contributed by atoms with van der Waals surface area (Å²) in [5.41, 5.74) is 3.91. The van der Waals surface area contributed by atoms with Gasteiger partial charge in [-0.25, -0.2) is 0 Å². The first kappa shape index (κ1) is 14.0. The van der Waals surface area contributed by atoms with E-state index in [0.29, 0.717) is 6.61 Å². The van der Waals surface area contributed by atoms with E-state index < -0.39 is 0 Å². The van der Waals surface area contributed by atoms with Gasteiger partial charge in [-0.05, 0) is 31.9 Å². The van der Waals surface area contributed by atoms with E-state index in [9.17, 15) is 0 Å². The Morgan fingerprint density at radius 3 is 2.59 bits per heavy atom. The number of hydrogen-bond donors (Lipinski definition) is 2. The van der Waals surface area contributed by atoms with Crippen LogP contribution in [0.5, 0.6) is 5.75 Å². The molecule has 0 saturated carbocycles. The molecule has 3 N–H and O–H groups in total. The van der Waals surface area contributed by atoms with Crippen molar-refractivity contribution >= 4 is 0 Å². The monoisotopic (exact) mass is 238 g/mol. The van der Waals surface area contributed by atoms with E-state index in [1.807, 2.05) is 38.1 Å². The molecule has 0 fully saturated rings. The summed E-state index contributed by atoms with van der Waals surface area (Å²) in [7, 11) is 1.67. The normalized spacial score (nSPS) is 12.8. The van der Waals surface area contributed by atoms with Crippen molar-refractivity contribution in [3.8, 4) is 5.75 Å². The second-order valence-electron chi connectivity index (χ2n) is 4.26. The molecular weight excluding hydrogens is 216 g/mol. The van der Waals surface area contributed by atoms with Gasteiger partial charge < -0.3 is 9.47 Å². The number of rotatable bonds is 7. The molecule has 0 heterocycles. The van der Waals surface area contributed by atoms with Crippen molar-refractivity contribution < 1.29 is 9.47 Å². The van der Waals surface area contributed by atoms with E-state index >= 15 is 0 Å². The quantitative estimate of drug-likeness (QED) is 0.558. The van der Waals surface area contributed by atoms with Gasteiger partial charge in [-0.3, -0.25) is 11.3 Å². The minimum absolute atomic E-state index is 0.0914. The lowest BCUT2D eigenvalue weighted by Crippen LogP contribution is -2.40. The second kappa shape index (κ2) is 7.27. The summed E-state index contributed by atoms with van der Waals surface area (Å²) >= 11 is 0. The summed E-state index contributed by atoms with van der Waals surface area (Å²) in [4.78, 5) is 0. The Balaban J connectivity index is 2.60. The van der Waals surface area contributed by atoms with Gasteiger partial charge in [0.25, 0.3) is 0 Å². The number of benzene rings is 1. The summed E-state index contributed by atoms with van der Waals surface area (Å²) in [5, 5.41) is 0. The lowest BCUT2D eigenvalue weighted by Gasteiger charge is -2.19. The van der Waals surface area contributed by atoms with E-state index in [1.165, 1.54) is 0 Å². The van der Waals surface area contributed by atoms with Gasteiger partial charge in [-0.2, -0.15) is 0 Å². The Hall–Kier alpha value is -1.10. The number of nitrogens with one attached hydrogen (secondary N) is 1. The molecule has 1 atom stereocenters. The molecule has 0 radical (unpaired) electrons. The fourth-order valence-electron chi connectivity index (χ4n) is 1.61. The molecule has 0 saturated heterocycles. The Labute approximate surface area is 103 Å². The first-order valence-corrected chi connectivity index (χ1v) is 5.87. The Bertz CT molecular complexity index is 329. The molecule has 4 nitrogen and oxygen atoms in total. The SMILES string of the molecule is COc1ccccc1CC(COC(C)C)NN. The van der Waals surface area contributed by atoms with Gasteiger partial charge in [0.05, 0.1) is 19.8 Å². The second-order valence-corrected chi connectivity index (χ2v) is 4.26. The molecule has 0 aliphatic rings. The van der Waals surface area contributed by atoms with E-state index in [0.717, 1.165) is 17.7 Å². The molecule has 1 aromatic rings. The van der Waals surface area contributed by atoms with Crippen LogP contribution in [-0.2, 0) is 11.2 Å². The molecule has 0 aliphatic carbocycles. The summed E-state index contributed by atoms with van der Waals surface area (Å²) in [6.45, 7) is 4.61. The largest absolute Gasteiger partial charge is 0.496 e. The van der Waals surface area contributed by atoms with Crippen LogP contribution in [0.1, 0.15) is 19.4 Å². The van der Waals surface area contributed by atoms with Gasteiger partial charge in [0, 0.05) is 6.04 Å². The number of hydrazine groups is 1. The van der Waals surface area contributed by atoms with E-state index in [1.54, 1.807) is 7.11 Å². The van der Waals surface area contributed by atoms with Gasteiger partial charge in [0.2, 0.25) is 0 Å². The molecule has 1 aromatic carbocycles. The number of ether oxygens (including phenoxy) is 2. The smallest absolute Gasteiger partial charge is 0.122 e. The van der Waals surface area contributed by atoms with Crippen LogP contribution >= 0.6 is 0 Å². The van der Waals surface area contributed by atoms with Crippen molar-refractivity contribution in [2.24, 2.45) is 5.84 Å². The van der Waals surface area contributed by atoms with Crippen molar-refractivity contribution in [3.63, 3.8) is 0 Å².